The third kappa shape index (κ3) is 3.20. The van der Waals surface area contributed by atoms with Crippen LogP contribution in [0.25, 0.3) is 5.69 Å². The lowest BCUT2D eigenvalue weighted by molar-refractivity contribution is 0.536. The molecular weight excluding hydrogens is 256 g/mol. The molecule has 2 nitrogen and oxygen atoms in total. The van der Waals surface area contributed by atoms with Gasteiger partial charge in [-0.3, -0.25) is 0 Å². The van der Waals surface area contributed by atoms with Crippen molar-refractivity contribution in [1.29, 1.82) is 0 Å². The van der Waals surface area contributed by atoms with Crippen molar-refractivity contribution in [2.24, 2.45) is 0 Å². The molecule has 2 aromatic rings. The second kappa shape index (κ2) is 5.01. The fraction of sp³-hybridized carbons (Fsp3) is 0.526. The molecule has 0 saturated heterocycles. The molecule has 1 aromatic carbocycles. The van der Waals surface area contributed by atoms with Gasteiger partial charge in [0.25, 0.3) is 0 Å². The SMILES string of the molecule is Cc1ccc(C)c(-n2nc(C(C)(C)C)cc2C(C)(C)C)c1. The topological polar surface area (TPSA) is 17.8 Å². The van der Waals surface area contributed by atoms with Gasteiger partial charge in [0.1, 0.15) is 0 Å². The summed E-state index contributed by atoms with van der Waals surface area (Å²) in [6.07, 6.45) is 0. The molecule has 1 heterocycles. The summed E-state index contributed by atoms with van der Waals surface area (Å²) < 4.78 is 2.14. The number of hydrogen-bond acceptors (Lipinski definition) is 1. The van der Waals surface area contributed by atoms with Crippen LogP contribution in [0.1, 0.15) is 64.1 Å². The van der Waals surface area contributed by atoms with Gasteiger partial charge in [-0.15, -0.1) is 0 Å². The van der Waals surface area contributed by atoms with E-state index in [2.05, 4.69) is 84.3 Å². The minimum absolute atomic E-state index is 0.0585. The summed E-state index contributed by atoms with van der Waals surface area (Å²) in [5.74, 6) is 0. The number of benzene rings is 1. The molecule has 1 aromatic heterocycles. The molecular formula is C19H28N2. The van der Waals surface area contributed by atoms with E-state index < -0.39 is 0 Å². The van der Waals surface area contributed by atoms with E-state index in [1.165, 1.54) is 22.5 Å². The Kier molecular flexibility index (Phi) is 3.77. The summed E-state index contributed by atoms with van der Waals surface area (Å²) in [7, 11) is 0. The molecule has 0 unspecified atom stereocenters. The summed E-state index contributed by atoms with van der Waals surface area (Å²) in [6.45, 7) is 17.7. The fourth-order valence-corrected chi connectivity index (χ4v) is 2.41. The zero-order valence-corrected chi connectivity index (χ0v) is 14.7. The molecule has 2 heteroatoms. The zero-order chi connectivity index (χ0) is 16.0. The van der Waals surface area contributed by atoms with E-state index in [1.807, 2.05) is 0 Å². The van der Waals surface area contributed by atoms with Crippen molar-refractivity contribution in [3.63, 3.8) is 0 Å². The zero-order valence-electron chi connectivity index (χ0n) is 14.7. The van der Waals surface area contributed by atoms with Gasteiger partial charge < -0.3 is 0 Å². The first-order chi connectivity index (χ1) is 9.50. The number of nitrogens with zero attached hydrogens (tertiary/aromatic N) is 2. The molecule has 0 amide bonds. The van der Waals surface area contributed by atoms with E-state index in [1.54, 1.807) is 0 Å². The Hall–Kier alpha value is -1.57. The number of rotatable bonds is 1. The highest BCUT2D eigenvalue weighted by molar-refractivity contribution is 5.45. The maximum Gasteiger partial charge on any atom is 0.0685 e. The summed E-state index contributed by atoms with van der Waals surface area (Å²) in [5, 5.41) is 4.94. The Morgan fingerprint density at radius 1 is 0.857 bits per heavy atom. The Bertz CT molecular complexity index is 649. The van der Waals surface area contributed by atoms with Gasteiger partial charge in [-0.05, 0) is 37.1 Å². The highest BCUT2D eigenvalue weighted by Gasteiger charge is 2.26. The van der Waals surface area contributed by atoms with E-state index in [0.717, 1.165) is 5.69 Å². The fourth-order valence-electron chi connectivity index (χ4n) is 2.41. The summed E-state index contributed by atoms with van der Waals surface area (Å²) in [6, 6.07) is 8.82. The summed E-state index contributed by atoms with van der Waals surface area (Å²) >= 11 is 0. The minimum atomic E-state index is 0.0585. The molecule has 0 N–H and O–H groups in total. The van der Waals surface area contributed by atoms with Gasteiger partial charge in [-0.25, -0.2) is 4.68 Å². The first-order valence-corrected chi connectivity index (χ1v) is 7.69. The molecule has 0 aliphatic carbocycles. The lowest BCUT2D eigenvalue weighted by Crippen LogP contribution is -2.18. The Morgan fingerprint density at radius 3 is 2.00 bits per heavy atom. The van der Waals surface area contributed by atoms with Crippen LogP contribution in [0.3, 0.4) is 0 Å². The van der Waals surface area contributed by atoms with Crippen molar-refractivity contribution in [1.82, 2.24) is 9.78 Å². The van der Waals surface area contributed by atoms with Crippen molar-refractivity contribution >= 4 is 0 Å². The second-order valence-corrected chi connectivity index (χ2v) is 8.12. The standard InChI is InChI=1S/C19H28N2/c1-13-9-10-14(2)15(11-13)21-17(19(6,7)8)12-16(20-21)18(3,4)5/h9-12H,1-8H3. The molecule has 0 aliphatic heterocycles. The molecule has 0 saturated carbocycles. The predicted molar refractivity (Wildman–Crippen MR) is 90.4 cm³/mol. The second-order valence-electron chi connectivity index (χ2n) is 8.12. The van der Waals surface area contributed by atoms with Gasteiger partial charge in [-0.1, -0.05) is 53.7 Å². The van der Waals surface area contributed by atoms with Gasteiger partial charge in [0.2, 0.25) is 0 Å². The maximum atomic E-state index is 4.94. The average Bonchev–Trinajstić information content (AvgIpc) is 2.76. The summed E-state index contributed by atoms with van der Waals surface area (Å²) in [4.78, 5) is 0. The molecule has 21 heavy (non-hydrogen) atoms. The highest BCUT2D eigenvalue weighted by atomic mass is 15.3. The van der Waals surface area contributed by atoms with Crippen LogP contribution in [0.15, 0.2) is 24.3 Å². The molecule has 0 radical (unpaired) electrons. The van der Waals surface area contributed by atoms with Gasteiger partial charge in [0.15, 0.2) is 0 Å². The van der Waals surface area contributed by atoms with Crippen LogP contribution in [0.4, 0.5) is 0 Å². The molecule has 0 bridgehead atoms. The van der Waals surface area contributed by atoms with Gasteiger partial charge in [-0.2, -0.15) is 5.10 Å². The van der Waals surface area contributed by atoms with E-state index >= 15 is 0 Å². The van der Waals surface area contributed by atoms with Crippen LogP contribution < -0.4 is 0 Å². The van der Waals surface area contributed by atoms with Crippen LogP contribution in [0, 0.1) is 13.8 Å². The van der Waals surface area contributed by atoms with Crippen LogP contribution in [-0.4, -0.2) is 9.78 Å². The van der Waals surface area contributed by atoms with Gasteiger partial charge in [0, 0.05) is 16.5 Å². The van der Waals surface area contributed by atoms with Crippen LogP contribution in [-0.2, 0) is 10.8 Å². The first-order valence-electron chi connectivity index (χ1n) is 7.69. The number of aromatic nitrogens is 2. The van der Waals surface area contributed by atoms with Crippen LogP contribution >= 0.6 is 0 Å². The quantitative estimate of drug-likeness (QED) is 0.713. The smallest absolute Gasteiger partial charge is 0.0685 e. The molecule has 0 fully saturated rings. The summed E-state index contributed by atoms with van der Waals surface area (Å²) in [5.41, 5.74) is 6.25. The highest BCUT2D eigenvalue weighted by Crippen LogP contribution is 2.31. The van der Waals surface area contributed by atoms with E-state index in [9.17, 15) is 0 Å². The monoisotopic (exact) mass is 284 g/mol. The van der Waals surface area contributed by atoms with Gasteiger partial charge >= 0.3 is 0 Å². The maximum absolute atomic E-state index is 4.94. The largest absolute Gasteiger partial charge is 0.237 e. The van der Waals surface area contributed by atoms with E-state index in [-0.39, 0.29) is 10.8 Å². The van der Waals surface area contributed by atoms with Crippen LogP contribution in [0.2, 0.25) is 0 Å². The molecule has 2 rings (SSSR count). The molecule has 114 valence electrons. The number of aryl methyl sites for hydroxylation is 2. The van der Waals surface area contributed by atoms with Crippen molar-refractivity contribution in [2.45, 2.75) is 66.2 Å². The predicted octanol–water partition coefficient (Wildman–Crippen LogP) is 5.08. The third-order valence-corrected chi connectivity index (χ3v) is 3.84. The van der Waals surface area contributed by atoms with E-state index in [4.69, 9.17) is 5.10 Å². The van der Waals surface area contributed by atoms with E-state index in [0.29, 0.717) is 0 Å². The average molecular weight is 284 g/mol. The normalized spacial score (nSPS) is 12.8. The molecule has 0 aliphatic rings. The third-order valence-electron chi connectivity index (χ3n) is 3.84. The Morgan fingerprint density at radius 2 is 1.48 bits per heavy atom. The van der Waals surface area contributed by atoms with Crippen molar-refractivity contribution < 1.29 is 0 Å². The Balaban J connectivity index is 2.72. The first kappa shape index (κ1) is 15.8. The van der Waals surface area contributed by atoms with Gasteiger partial charge in [0.05, 0.1) is 11.4 Å². The molecule has 0 spiro atoms. The van der Waals surface area contributed by atoms with Crippen molar-refractivity contribution in [3.8, 4) is 5.69 Å². The van der Waals surface area contributed by atoms with Crippen molar-refractivity contribution in [2.75, 3.05) is 0 Å². The Labute approximate surface area is 129 Å². The van der Waals surface area contributed by atoms with Crippen LogP contribution in [0.5, 0.6) is 0 Å². The molecule has 0 atom stereocenters. The lowest BCUT2D eigenvalue weighted by Gasteiger charge is -2.21. The van der Waals surface area contributed by atoms with Crippen molar-refractivity contribution in [3.05, 3.63) is 46.8 Å². The lowest BCUT2D eigenvalue weighted by atomic mass is 9.88. The minimum Gasteiger partial charge on any atom is -0.237 e. The number of hydrogen-bond donors (Lipinski definition) is 0.